The minimum atomic E-state index is -0.162. The predicted molar refractivity (Wildman–Crippen MR) is 84.9 cm³/mol. The van der Waals surface area contributed by atoms with Gasteiger partial charge >= 0.3 is 0 Å². The van der Waals surface area contributed by atoms with Crippen LogP contribution in [0.25, 0.3) is 17.0 Å². The van der Waals surface area contributed by atoms with E-state index in [0.717, 1.165) is 27.8 Å². The number of anilines is 1. The summed E-state index contributed by atoms with van der Waals surface area (Å²) in [6, 6.07) is 11.6. The Bertz CT molecular complexity index is 803. The molecule has 0 unspecified atom stereocenters. The number of aromatic nitrogens is 2. The van der Waals surface area contributed by atoms with Crippen molar-refractivity contribution in [3.05, 3.63) is 66.1 Å². The van der Waals surface area contributed by atoms with Crippen LogP contribution in [0.4, 0.5) is 5.69 Å². The second-order valence-corrected chi connectivity index (χ2v) is 4.86. The molecule has 0 saturated heterocycles. The molecule has 104 valence electrons. The molecule has 1 amide bonds. The van der Waals surface area contributed by atoms with Crippen molar-refractivity contribution in [1.82, 2.24) is 9.97 Å². The van der Waals surface area contributed by atoms with Crippen LogP contribution in [-0.2, 0) is 4.79 Å². The molecule has 2 N–H and O–H groups in total. The van der Waals surface area contributed by atoms with E-state index in [4.69, 9.17) is 0 Å². The number of amides is 1. The Morgan fingerprint density at radius 3 is 3.00 bits per heavy atom. The van der Waals surface area contributed by atoms with E-state index in [1.165, 1.54) is 6.08 Å². The zero-order valence-electron chi connectivity index (χ0n) is 11.6. The maximum Gasteiger partial charge on any atom is 0.248 e. The number of nitrogens with one attached hydrogen (secondary N) is 2. The molecule has 0 saturated carbocycles. The average Bonchev–Trinajstić information content (AvgIpc) is 2.85. The molecule has 0 aliphatic rings. The van der Waals surface area contributed by atoms with Gasteiger partial charge in [-0.2, -0.15) is 0 Å². The Kier molecular flexibility index (Phi) is 3.51. The van der Waals surface area contributed by atoms with Gasteiger partial charge in [-0.15, -0.1) is 0 Å². The molecule has 4 heteroatoms. The quantitative estimate of drug-likeness (QED) is 0.720. The summed E-state index contributed by atoms with van der Waals surface area (Å²) in [5.74, 6) is -0.162. The largest absolute Gasteiger partial charge is 0.359 e. The van der Waals surface area contributed by atoms with Crippen LogP contribution in [-0.4, -0.2) is 15.9 Å². The molecule has 0 bridgehead atoms. The zero-order chi connectivity index (χ0) is 14.7. The number of hydrogen-bond acceptors (Lipinski definition) is 2. The monoisotopic (exact) mass is 277 g/mol. The predicted octanol–water partition coefficient (Wildman–Crippen LogP) is 3.52. The van der Waals surface area contributed by atoms with E-state index in [1.807, 2.05) is 37.3 Å². The summed E-state index contributed by atoms with van der Waals surface area (Å²) in [7, 11) is 0. The molecule has 3 aromatic rings. The lowest BCUT2D eigenvalue weighted by Crippen LogP contribution is -2.07. The zero-order valence-corrected chi connectivity index (χ0v) is 11.6. The van der Waals surface area contributed by atoms with E-state index >= 15 is 0 Å². The fourth-order valence-electron chi connectivity index (χ4n) is 2.19. The molecule has 1 aromatic carbocycles. The number of carbonyl (C=O) groups is 1. The summed E-state index contributed by atoms with van der Waals surface area (Å²) in [6.45, 7) is 2.01. The minimum Gasteiger partial charge on any atom is -0.359 e. The Morgan fingerprint density at radius 2 is 2.19 bits per heavy atom. The molecule has 0 radical (unpaired) electrons. The number of aromatic amines is 1. The number of pyridine rings is 1. The molecular weight excluding hydrogens is 262 g/mol. The van der Waals surface area contributed by atoms with Crippen molar-refractivity contribution < 1.29 is 4.79 Å². The molecule has 2 heterocycles. The van der Waals surface area contributed by atoms with Crippen LogP contribution in [0, 0.1) is 6.92 Å². The number of carbonyl (C=O) groups excluding carboxylic acids is 1. The lowest BCUT2D eigenvalue weighted by molar-refractivity contribution is -0.111. The average molecular weight is 277 g/mol. The summed E-state index contributed by atoms with van der Waals surface area (Å²) in [6.07, 6.45) is 6.65. The molecule has 0 fully saturated rings. The number of benzene rings is 1. The number of hydrogen-bond donors (Lipinski definition) is 2. The van der Waals surface area contributed by atoms with Gasteiger partial charge in [-0.1, -0.05) is 6.07 Å². The fraction of sp³-hybridized carbons (Fsp3) is 0.0588. The van der Waals surface area contributed by atoms with Crippen LogP contribution in [0.2, 0.25) is 0 Å². The fourth-order valence-corrected chi connectivity index (χ4v) is 2.19. The SMILES string of the molecule is Cc1cc2cc(NC(=O)C=Cc3cccnc3)ccc2[nH]1. The third kappa shape index (κ3) is 3.17. The molecular formula is C17H15N3O. The van der Waals surface area contributed by atoms with Gasteiger partial charge in [0.2, 0.25) is 5.91 Å². The van der Waals surface area contributed by atoms with E-state index in [9.17, 15) is 4.79 Å². The van der Waals surface area contributed by atoms with Crippen LogP contribution in [0.15, 0.2) is 54.9 Å². The molecule has 3 rings (SSSR count). The highest BCUT2D eigenvalue weighted by Crippen LogP contribution is 2.19. The highest BCUT2D eigenvalue weighted by Gasteiger charge is 2.01. The van der Waals surface area contributed by atoms with Crippen molar-refractivity contribution in [1.29, 1.82) is 0 Å². The van der Waals surface area contributed by atoms with Crippen LogP contribution in [0.1, 0.15) is 11.3 Å². The van der Waals surface area contributed by atoms with Crippen molar-refractivity contribution >= 4 is 28.6 Å². The van der Waals surface area contributed by atoms with Gasteiger partial charge in [-0.25, -0.2) is 0 Å². The summed E-state index contributed by atoms with van der Waals surface area (Å²) < 4.78 is 0. The van der Waals surface area contributed by atoms with Gasteiger partial charge in [0.25, 0.3) is 0 Å². The molecule has 0 aliphatic carbocycles. The van der Waals surface area contributed by atoms with Gasteiger partial charge < -0.3 is 10.3 Å². The molecule has 4 nitrogen and oxygen atoms in total. The molecule has 2 aromatic heterocycles. The van der Waals surface area contributed by atoms with Gasteiger partial charge in [-0.05, 0) is 48.9 Å². The Morgan fingerprint density at radius 1 is 1.29 bits per heavy atom. The van der Waals surface area contributed by atoms with Crippen LogP contribution in [0.3, 0.4) is 0 Å². The van der Waals surface area contributed by atoms with Gasteiger partial charge in [0.05, 0.1) is 0 Å². The second-order valence-electron chi connectivity index (χ2n) is 4.86. The van der Waals surface area contributed by atoms with Gasteiger partial charge in [0.1, 0.15) is 0 Å². The van der Waals surface area contributed by atoms with Crippen LogP contribution >= 0.6 is 0 Å². The maximum atomic E-state index is 11.9. The topological polar surface area (TPSA) is 57.8 Å². The first-order chi connectivity index (χ1) is 10.2. The summed E-state index contributed by atoms with van der Waals surface area (Å²) in [4.78, 5) is 19.1. The smallest absolute Gasteiger partial charge is 0.248 e. The van der Waals surface area contributed by atoms with Crippen LogP contribution < -0.4 is 5.32 Å². The van der Waals surface area contributed by atoms with Gasteiger partial charge in [0, 0.05) is 40.8 Å². The van der Waals surface area contributed by atoms with Crippen molar-refractivity contribution in [2.45, 2.75) is 6.92 Å². The Hall–Kier alpha value is -2.88. The maximum absolute atomic E-state index is 11.9. The molecule has 0 spiro atoms. The van der Waals surface area contributed by atoms with E-state index in [1.54, 1.807) is 18.5 Å². The van der Waals surface area contributed by atoms with Crippen LogP contribution in [0.5, 0.6) is 0 Å². The standard InChI is InChI=1S/C17H15N3O/c1-12-9-14-10-15(5-6-16(14)19-12)20-17(21)7-4-13-3-2-8-18-11-13/h2-11,19H,1H3,(H,20,21). The summed E-state index contributed by atoms with van der Waals surface area (Å²) >= 11 is 0. The Labute approximate surface area is 122 Å². The van der Waals surface area contributed by atoms with Crippen molar-refractivity contribution in [3.8, 4) is 0 Å². The highest BCUT2D eigenvalue weighted by atomic mass is 16.1. The number of fused-ring (bicyclic) bond motifs is 1. The lowest BCUT2D eigenvalue weighted by atomic mass is 10.2. The van der Waals surface area contributed by atoms with E-state index in [-0.39, 0.29) is 5.91 Å². The highest BCUT2D eigenvalue weighted by molar-refractivity contribution is 6.02. The number of nitrogens with zero attached hydrogens (tertiary/aromatic N) is 1. The first kappa shape index (κ1) is 13.1. The Balaban J connectivity index is 1.72. The number of aryl methyl sites for hydroxylation is 1. The lowest BCUT2D eigenvalue weighted by Gasteiger charge is -2.02. The summed E-state index contributed by atoms with van der Waals surface area (Å²) in [5.41, 5.74) is 3.84. The molecule has 21 heavy (non-hydrogen) atoms. The first-order valence-corrected chi connectivity index (χ1v) is 6.69. The summed E-state index contributed by atoms with van der Waals surface area (Å²) in [5, 5.41) is 3.94. The third-order valence-electron chi connectivity index (χ3n) is 3.13. The van der Waals surface area contributed by atoms with Gasteiger partial charge in [0.15, 0.2) is 0 Å². The first-order valence-electron chi connectivity index (χ1n) is 6.69. The number of rotatable bonds is 3. The third-order valence-corrected chi connectivity index (χ3v) is 3.13. The minimum absolute atomic E-state index is 0.162. The molecule has 0 aliphatic heterocycles. The van der Waals surface area contributed by atoms with Gasteiger partial charge in [-0.3, -0.25) is 9.78 Å². The second kappa shape index (κ2) is 5.63. The van der Waals surface area contributed by atoms with E-state index in [2.05, 4.69) is 21.4 Å². The van der Waals surface area contributed by atoms with E-state index < -0.39 is 0 Å². The van der Waals surface area contributed by atoms with E-state index in [0.29, 0.717) is 0 Å². The number of H-pyrrole nitrogens is 1. The normalized spacial score (nSPS) is 11.1. The van der Waals surface area contributed by atoms with Crippen molar-refractivity contribution in [3.63, 3.8) is 0 Å². The molecule has 0 atom stereocenters. The van der Waals surface area contributed by atoms with Crippen molar-refractivity contribution in [2.75, 3.05) is 5.32 Å². The van der Waals surface area contributed by atoms with Crippen molar-refractivity contribution in [2.24, 2.45) is 0 Å².